The minimum atomic E-state index is -0.468. The molecular formula is C16H16ClFO2. The molecule has 0 bridgehead atoms. The molecule has 0 fully saturated rings. The molecule has 0 unspecified atom stereocenters. The number of aliphatic hydroxyl groups is 1. The van der Waals surface area contributed by atoms with E-state index < -0.39 is 6.10 Å². The van der Waals surface area contributed by atoms with Crippen LogP contribution in [0.4, 0.5) is 4.39 Å². The van der Waals surface area contributed by atoms with Gasteiger partial charge in [-0.3, -0.25) is 0 Å². The maximum Gasteiger partial charge on any atom is 0.131 e. The van der Waals surface area contributed by atoms with E-state index in [1.54, 1.807) is 36.4 Å². The predicted octanol–water partition coefficient (Wildman–Crippen LogP) is 4.50. The van der Waals surface area contributed by atoms with Crippen LogP contribution in [0.2, 0.25) is 5.02 Å². The summed E-state index contributed by atoms with van der Waals surface area (Å²) in [5.74, 6) is 0.229. The van der Waals surface area contributed by atoms with Crippen molar-refractivity contribution in [3.8, 4) is 5.75 Å². The largest absolute Gasteiger partial charge is 0.489 e. The number of aliphatic hydroxyl groups excluding tert-OH is 1. The van der Waals surface area contributed by atoms with Crippen LogP contribution in [0.5, 0.6) is 5.75 Å². The second-order valence-corrected chi connectivity index (χ2v) is 4.89. The third kappa shape index (κ3) is 3.50. The van der Waals surface area contributed by atoms with E-state index >= 15 is 0 Å². The molecule has 2 rings (SSSR count). The molecule has 0 heterocycles. The summed E-state index contributed by atoms with van der Waals surface area (Å²) in [4.78, 5) is 0. The molecule has 0 radical (unpaired) electrons. The molecule has 1 N–H and O–H groups in total. The van der Waals surface area contributed by atoms with E-state index in [1.807, 2.05) is 6.92 Å². The second-order valence-electron chi connectivity index (χ2n) is 4.48. The van der Waals surface area contributed by atoms with Crippen LogP contribution in [0.3, 0.4) is 0 Å². The summed E-state index contributed by atoms with van der Waals surface area (Å²) in [5.41, 5.74) is 1.18. The normalized spacial score (nSPS) is 12.2. The second kappa shape index (κ2) is 6.73. The summed E-state index contributed by atoms with van der Waals surface area (Å²) < 4.78 is 19.1. The van der Waals surface area contributed by atoms with E-state index in [-0.39, 0.29) is 12.4 Å². The molecule has 2 aromatic carbocycles. The van der Waals surface area contributed by atoms with Crippen molar-refractivity contribution < 1.29 is 14.2 Å². The highest BCUT2D eigenvalue weighted by Gasteiger charge is 2.08. The summed E-state index contributed by atoms with van der Waals surface area (Å²) in [6, 6.07) is 11.6. The van der Waals surface area contributed by atoms with E-state index in [9.17, 15) is 9.50 Å². The molecule has 4 heteroatoms. The molecule has 1 atom stereocenters. The number of benzene rings is 2. The minimum Gasteiger partial charge on any atom is -0.489 e. The zero-order valence-corrected chi connectivity index (χ0v) is 11.9. The summed E-state index contributed by atoms with van der Waals surface area (Å²) in [5, 5.41) is 10.0. The SMILES string of the molecule is CC[C@H](O)c1ccc(OCc2c(F)cccc2Cl)cc1. The number of ether oxygens (including phenoxy) is 1. The molecule has 106 valence electrons. The quantitative estimate of drug-likeness (QED) is 0.879. The van der Waals surface area contributed by atoms with Crippen LogP contribution >= 0.6 is 11.6 Å². The fourth-order valence-electron chi connectivity index (χ4n) is 1.85. The zero-order valence-electron chi connectivity index (χ0n) is 11.1. The first-order chi connectivity index (χ1) is 9.61. The van der Waals surface area contributed by atoms with Crippen molar-refractivity contribution in [1.82, 2.24) is 0 Å². The average molecular weight is 295 g/mol. The summed E-state index contributed by atoms with van der Waals surface area (Å²) in [6.45, 7) is 1.98. The standard InChI is InChI=1S/C16H16ClFO2/c1-2-16(19)11-6-8-12(9-7-11)20-10-13-14(17)4-3-5-15(13)18/h3-9,16,19H,2,10H2,1H3/t16-/m0/s1. The molecule has 0 saturated heterocycles. The molecular weight excluding hydrogens is 279 g/mol. The van der Waals surface area contributed by atoms with Gasteiger partial charge in [0.2, 0.25) is 0 Å². The van der Waals surface area contributed by atoms with Gasteiger partial charge in [-0.15, -0.1) is 0 Å². The lowest BCUT2D eigenvalue weighted by Crippen LogP contribution is -2.00. The van der Waals surface area contributed by atoms with Gasteiger partial charge in [0.1, 0.15) is 18.2 Å². The molecule has 0 saturated carbocycles. The molecule has 0 amide bonds. The van der Waals surface area contributed by atoms with E-state index in [0.29, 0.717) is 22.8 Å². The number of hydrogen-bond acceptors (Lipinski definition) is 2. The van der Waals surface area contributed by atoms with Gasteiger partial charge in [-0.05, 0) is 36.2 Å². The average Bonchev–Trinajstić information content (AvgIpc) is 2.46. The Morgan fingerprint density at radius 1 is 1.20 bits per heavy atom. The molecule has 0 aromatic heterocycles. The predicted molar refractivity (Wildman–Crippen MR) is 77.4 cm³/mol. The van der Waals surface area contributed by atoms with Gasteiger partial charge in [0.25, 0.3) is 0 Å². The molecule has 2 aromatic rings. The van der Waals surface area contributed by atoms with Crippen LogP contribution in [0.25, 0.3) is 0 Å². The molecule has 20 heavy (non-hydrogen) atoms. The molecule has 2 nitrogen and oxygen atoms in total. The van der Waals surface area contributed by atoms with E-state index in [4.69, 9.17) is 16.3 Å². The Hall–Kier alpha value is -1.58. The van der Waals surface area contributed by atoms with Gasteiger partial charge in [-0.25, -0.2) is 4.39 Å². The Morgan fingerprint density at radius 3 is 2.50 bits per heavy atom. The number of halogens is 2. The number of hydrogen-bond donors (Lipinski definition) is 1. The Kier molecular flexibility index (Phi) is 4.99. The first-order valence-electron chi connectivity index (χ1n) is 6.45. The highest BCUT2D eigenvalue weighted by molar-refractivity contribution is 6.31. The molecule has 0 spiro atoms. The minimum absolute atomic E-state index is 0.0706. The van der Waals surface area contributed by atoms with Crippen molar-refractivity contribution in [2.45, 2.75) is 26.1 Å². The first-order valence-corrected chi connectivity index (χ1v) is 6.83. The van der Waals surface area contributed by atoms with Crippen molar-refractivity contribution >= 4 is 11.6 Å². The van der Waals surface area contributed by atoms with Crippen molar-refractivity contribution in [3.63, 3.8) is 0 Å². The molecule has 0 aliphatic heterocycles. The van der Waals surface area contributed by atoms with Crippen molar-refractivity contribution in [2.75, 3.05) is 0 Å². The third-order valence-electron chi connectivity index (χ3n) is 3.10. The summed E-state index contributed by atoms with van der Waals surface area (Å²) in [6.07, 6.45) is 0.190. The zero-order chi connectivity index (χ0) is 14.5. The van der Waals surface area contributed by atoms with E-state index in [2.05, 4.69) is 0 Å². The van der Waals surface area contributed by atoms with Gasteiger partial charge in [-0.1, -0.05) is 36.7 Å². The Morgan fingerprint density at radius 2 is 1.90 bits per heavy atom. The van der Waals surface area contributed by atoms with Crippen LogP contribution in [0, 0.1) is 5.82 Å². The third-order valence-corrected chi connectivity index (χ3v) is 3.45. The molecule has 0 aliphatic rings. The lowest BCUT2D eigenvalue weighted by atomic mass is 10.1. The maximum atomic E-state index is 13.6. The monoisotopic (exact) mass is 294 g/mol. The van der Waals surface area contributed by atoms with Gasteiger partial charge in [-0.2, -0.15) is 0 Å². The topological polar surface area (TPSA) is 29.5 Å². The van der Waals surface area contributed by atoms with Gasteiger partial charge in [0.05, 0.1) is 11.1 Å². The Labute approximate surface area is 122 Å². The summed E-state index contributed by atoms with van der Waals surface area (Å²) in [7, 11) is 0. The van der Waals surface area contributed by atoms with Gasteiger partial charge >= 0.3 is 0 Å². The van der Waals surface area contributed by atoms with E-state index in [1.165, 1.54) is 6.07 Å². The number of rotatable bonds is 5. The summed E-state index contributed by atoms with van der Waals surface area (Å²) >= 11 is 5.93. The first kappa shape index (κ1) is 14.8. The lowest BCUT2D eigenvalue weighted by Gasteiger charge is -2.11. The van der Waals surface area contributed by atoms with Crippen LogP contribution in [-0.2, 0) is 6.61 Å². The fourth-order valence-corrected chi connectivity index (χ4v) is 2.07. The highest BCUT2D eigenvalue weighted by Crippen LogP contribution is 2.23. The van der Waals surface area contributed by atoms with Gasteiger partial charge < -0.3 is 9.84 Å². The van der Waals surface area contributed by atoms with Gasteiger partial charge in [0, 0.05) is 5.56 Å². The van der Waals surface area contributed by atoms with Gasteiger partial charge in [0.15, 0.2) is 0 Å². The van der Waals surface area contributed by atoms with Crippen LogP contribution in [-0.4, -0.2) is 5.11 Å². The highest BCUT2D eigenvalue weighted by atomic mass is 35.5. The maximum absolute atomic E-state index is 13.6. The Balaban J connectivity index is 2.04. The lowest BCUT2D eigenvalue weighted by molar-refractivity contribution is 0.173. The fraction of sp³-hybridized carbons (Fsp3) is 0.250. The van der Waals surface area contributed by atoms with Crippen LogP contribution in [0.1, 0.15) is 30.6 Å². The Bertz CT molecular complexity index is 549. The van der Waals surface area contributed by atoms with Crippen molar-refractivity contribution in [3.05, 3.63) is 64.4 Å². The van der Waals surface area contributed by atoms with Crippen molar-refractivity contribution in [2.24, 2.45) is 0 Å². The van der Waals surface area contributed by atoms with E-state index in [0.717, 1.165) is 5.56 Å². The molecule has 0 aliphatic carbocycles. The van der Waals surface area contributed by atoms with Crippen LogP contribution in [0.15, 0.2) is 42.5 Å². The van der Waals surface area contributed by atoms with Crippen molar-refractivity contribution in [1.29, 1.82) is 0 Å². The smallest absolute Gasteiger partial charge is 0.131 e. The van der Waals surface area contributed by atoms with Crippen LogP contribution < -0.4 is 4.74 Å².